The molecule has 0 aromatic heterocycles. The Bertz CT molecular complexity index is 3330. The molecule has 0 bridgehead atoms. The smallest absolute Gasteiger partial charge is 0.303 e. The molecule has 0 aliphatic heterocycles. The number of carbonyl (C=O) groups excluding carboxylic acids is 19. The van der Waals surface area contributed by atoms with Gasteiger partial charge in [-0.2, -0.15) is 0 Å². The Hall–Kier alpha value is -10.8. The number of nitrogens with one attached hydrogen (secondary N) is 17. The minimum absolute atomic E-state index is 0.0168. The summed E-state index contributed by atoms with van der Waals surface area (Å²) in [6, 6.07) is -17.4. The zero-order chi connectivity index (χ0) is 86.5. The Morgan fingerprint density at radius 2 is 0.717 bits per heavy atom. The maximum absolute atomic E-state index is 14.0. The van der Waals surface area contributed by atoms with Crippen molar-refractivity contribution in [3.8, 4) is 0 Å². The Morgan fingerprint density at radius 1 is 0.354 bits per heavy atom. The van der Waals surface area contributed by atoms with Gasteiger partial charge in [-0.25, -0.2) is 0 Å². The van der Waals surface area contributed by atoms with Crippen LogP contribution < -0.4 is 108 Å². The third kappa shape index (κ3) is 42.5. The summed E-state index contributed by atoms with van der Waals surface area (Å²) in [5.41, 5.74) is 15.9. The lowest BCUT2D eigenvalue weighted by atomic mass is 9.96. The van der Waals surface area contributed by atoms with Crippen LogP contribution in [0.5, 0.6) is 0 Å². The van der Waals surface area contributed by atoms with Crippen molar-refractivity contribution in [2.45, 2.75) is 212 Å². The third-order valence-electron chi connectivity index (χ3n) is 16.5. The fourth-order valence-corrected chi connectivity index (χ4v) is 10.2. The third-order valence-corrected chi connectivity index (χ3v) is 17.0. The van der Waals surface area contributed by atoms with E-state index in [4.69, 9.17) is 17.2 Å². The Kier molecular flexibility index (Phi) is 48.9. The number of unbranched alkanes of at least 4 members (excludes halogenated alkanes) is 1. The van der Waals surface area contributed by atoms with Gasteiger partial charge in [-0.15, -0.1) is 0 Å². The van der Waals surface area contributed by atoms with Crippen LogP contribution in [-0.2, 0) is 101 Å². The van der Waals surface area contributed by atoms with Crippen molar-refractivity contribution in [1.29, 1.82) is 0 Å². The molecular weight excluding hydrogens is 1560 g/mol. The SMILES string of the molecule is CC[C@H](C)[C@H](NC(=O)[C@H](CC(C)C)NC(=O)CNC(=O)[C@@H](NC(=O)[C@H](CO)NC(=O)[C@@H](NC(=O)[C@@H](NC(=O)CNC(=O)[C@H](C)NC(=O)[C@H](CCCCN)NC(=O)[C@H](CCC(=O)O)NC(=O)[C@H](CCC(=O)O)NC(=O)[C@H](CCC(N)=O)NC(=O)CNC(=O)CBr)C(C)C)C(C)C)[C@@H](C)O)C(=O)NCC(=O)NCC(=O)NCC(N)=O. The van der Waals surface area contributed by atoms with E-state index in [-0.39, 0.29) is 37.1 Å². The van der Waals surface area contributed by atoms with Crippen LogP contribution in [0.1, 0.15) is 140 Å². The van der Waals surface area contributed by atoms with Crippen LogP contribution in [0.4, 0.5) is 0 Å². The quantitative estimate of drug-likeness (QED) is 0.0199. The summed E-state index contributed by atoms with van der Waals surface area (Å²) >= 11 is 2.90. The molecule has 0 aliphatic carbocycles. The minimum Gasteiger partial charge on any atom is -0.481 e. The molecule has 0 heterocycles. The van der Waals surface area contributed by atoms with E-state index in [0.717, 1.165) is 6.92 Å². The molecule has 0 saturated heterocycles. The second-order valence-corrected chi connectivity index (χ2v) is 27.9. The van der Waals surface area contributed by atoms with Gasteiger partial charge in [0, 0.05) is 19.3 Å². The molecule has 0 radical (unpaired) electrons. The van der Waals surface area contributed by atoms with Gasteiger partial charge in [-0.1, -0.05) is 77.7 Å². The van der Waals surface area contributed by atoms with Gasteiger partial charge in [0.1, 0.15) is 66.5 Å². The molecule has 0 fully saturated rings. The Morgan fingerprint density at radius 3 is 1.17 bits per heavy atom. The van der Waals surface area contributed by atoms with Crippen molar-refractivity contribution in [2.75, 3.05) is 57.8 Å². The highest BCUT2D eigenvalue weighted by atomic mass is 79.9. The largest absolute Gasteiger partial charge is 0.481 e. The number of halogens is 1. The minimum atomic E-state index is -1.86. The molecule has 0 saturated carbocycles. The lowest BCUT2D eigenvalue weighted by molar-refractivity contribution is -0.140. The Labute approximate surface area is 660 Å². The number of alkyl halides is 1. The molecule has 45 nitrogen and oxygen atoms in total. The Balaban J connectivity index is 6.22. The molecule has 113 heavy (non-hydrogen) atoms. The van der Waals surface area contributed by atoms with E-state index in [1.165, 1.54) is 34.6 Å². The summed E-state index contributed by atoms with van der Waals surface area (Å²) in [6.07, 6.45) is -4.79. The highest BCUT2D eigenvalue weighted by Crippen LogP contribution is 2.14. The molecule has 0 rings (SSSR count). The van der Waals surface area contributed by atoms with Gasteiger partial charge in [-0.3, -0.25) is 101 Å². The zero-order valence-corrected chi connectivity index (χ0v) is 66.4. The predicted octanol–water partition coefficient (Wildman–Crippen LogP) is -10.2. The number of rotatable bonds is 56. The first kappa shape index (κ1) is 102. The highest BCUT2D eigenvalue weighted by Gasteiger charge is 2.38. The molecular formula is C67H113BrN20O25. The molecule has 638 valence electrons. The van der Waals surface area contributed by atoms with Crippen molar-refractivity contribution in [2.24, 2.45) is 40.9 Å². The zero-order valence-electron chi connectivity index (χ0n) is 64.9. The fraction of sp³-hybridized carbons (Fsp3) is 0.687. The maximum atomic E-state index is 14.0. The number of aliphatic carboxylic acids is 2. The average molecular weight is 1680 g/mol. The average Bonchev–Trinajstić information content (AvgIpc) is 0.865. The van der Waals surface area contributed by atoms with Crippen molar-refractivity contribution in [1.82, 2.24) is 90.4 Å². The van der Waals surface area contributed by atoms with Crippen molar-refractivity contribution < 1.29 is 121 Å². The van der Waals surface area contributed by atoms with Crippen LogP contribution in [0.3, 0.4) is 0 Å². The van der Waals surface area contributed by atoms with E-state index in [2.05, 4.69) is 106 Å². The van der Waals surface area contributed by atoms with Crippen molar-refractivity contribution >= 4 is 140 Å². The van der Waals surface area contributed by atoms with Gasteiger partial charge >= 0.3 is 11.9 Å². The summed E-state index contributed by atoms with van der Waals surface area (Å²) in [4.78, 5) is 272. The van der Waals surface area contributed by atoms with Crippen LogP contribution >= 0.6 is 15.9 Å². The van der Waals surface area contributed by atoms with Crippen LogP contribution in [0.25, 0.3) is 0 Å². The summed E-state index contributed by atoms with van der Waals surface area (Å²) in [7, 11) is 0. The molecule has 0 aliphatic rings. The van der Waals surface area contributed by atoms with Crippen LogP contribution in [0.15, 0.2) is 0 Å². The summed E-state index contributed by atoms with van der Waals surface area (Å²) in [5, 5.41) is 79.3. The second kappa shape index (κ2) is 54.0. The number of hydrogen-bond acceptors (Lipinski definition) is 24. The maximum Gasteiger partial charge on any atom is 0.303 e. The van der Waals surface area contributed by atoms with E-state index in [0.29, 0.717) is 12.8 Å². The van der Waals surface area contributed by atoms with E-state index in [1.54, 1.807) is 27.7 Å². The van der Waals surface area contributed by atoms with Crippen molar-refractivity contribution in [3.63, 3.8) is 0 Å². The van der Waals surface area contributed by atoms with Gasteiger partial charge in [0.25, 0.3) is 0 Å². The number of carbonyl (C=O) groups is 21. The van der Waals surface area contributed by atoms with E-state index < -0.39 is 299 Å². The van der Waals surface area contributed by atoms with Gasteiger partial charge in [0.2, 0.25) is 112 Å². The van der Waals surface area contributed by atoms with Crippen molar-refractivity contribution in [3.05, 3.63) is 0 Å². The number of primary amides is 2. The standard InChI is InChI=1S/C67H113BrN20O25/c1-11-34(8)55(64(110)76-26-47(95)74-25-46(94)72-24-44(71)92)87-62(108)41(22-31(2)3)80-49(97)28-77-65(111)56(36(10)90)88-63(109)42(30-89)84-66(112)54(33(6)7)86-67(113)53(32(4)5)85-50(98)29-75-57(103)35(9)78-58(104)37(14-12-13-21-69)81-60(106)39(16-19-51(99)100)83-61(107)40(17-20-52(101)102)82-59(105)38(15-18-43(70)91)79-48(96)27-73-45(93)23-68/h31-42,53-56,89-90H,11-30,69H2,1-10H3,(H2,70,91)(H2,71,92)(H,72,94)(H,73,93)(H,74,95)(H,75,103)(H,76,110)(H,77,111)(H,78,104)(H,79,96)(H,80,97)(H,81,106)(H,82,105)(H,83,107)(H,84,112)(H,85,98)(H,86,113)(H,87,108)(H,88,109)(H,99,100)(H,101,102)/t34-,35-,36+,37-,38-,39-,40-,41-,42-,53-,54-,55-,56-/m0/s1. The van der Waals surface area contributed by atoms with Crippen LogP contribution in [0, 0.1) is 23.7 Å². The molecule has 13 atom stereocenters. The number of carboxylic acids is 2. The number of amides is 19. The molecule has 46 heteroatoms. The first-order valence-corrected chi connectivity index (χ1v) is 37.4. The number of aliphatic hydroxyl groups is 2. The van der Waals surface area contributed by atoms with E-state index in [9.17, 15) is 121 Å². The van der Waals surface area contributed by atoms with Gasteiger partial charge in [0.05, 0.1) is 57.3 Å². The topological polar surface area (TPSA) is 722 Å². The normalized spacial score (nSPS) is 14.4. The summed E-state index contributed by atoms with van der Waals surface area (Å²) in [6.45, 7) is 10.2. The monoisotopic (exact) mass is 1680 g/mol. The number of aliphatic hydroxyl groups excluding tert-OH is 2. The highest BCUT2D eigenvalue weighted by molar-refractivity contribution is 9.09. The van der Waals surface area contributed by atoms with E-state index >= 15 is 0 Å². The second-order valence-electron chi connectivity index (χ2n) is 27.4. The first-order valence-electron chi connectivity index (χ1n) is 36.3. The predicted molar refractivity (Wildman–Crippen MR) is 400 cm³/mol. The fourth-order valence-electron chi connectivity index (χ4n) is 9.98. The molecule has 27 N–H and O–H groups in total. The summed E-state index contributed by atoms with van der Waals surface area (Å²) in [5.74, 6) is -23.4. The first-order chi connectivity index (χ1) is 52.8. The number of carboxylic acid groups (broad SMARTS) is 2. The summed E-state index contributed by atoms with van der Waals surface area (Å²) < 4.78 is 0. The molecule has 19 amide bonds. The molecule has 0 spiro atoms. The number of hydrogen-bond donors (Lipinski definition) is 24. The number of nitrogens with two attached hydrogens (primary N) is 3. The van der Waals surface area contributed by atoms with Gasteiger partial charge in [0.15, 0.2) is 0 Å². The van der Waals surface area contributed by atoms with Gasteiger partial charge < -0.3 is 128 Å². The van der Waals surface area contributed by atoms with Crippen LogP contribution in [-0.4, -0.2) is 275 Å². The molecule has 0 unspecified atom stereocenters. The van der Waals surface area contributed by atoms with E-state index in [1.807, 2.05) is 0 Å². The lowest BCUT2D eigenvalue weighted by Gasteiger charge is -2.29. The lowest BCUT2D eigenvalue weighted by Crippen LogP contribution is -2.62. The van der Waals surface area contributed by atoms with Crippen LogP contribution in [0.2, 0.25) is 0 Å². The molecule has 0 aromatic rings. The molecule has 0 aromatic carbocycles. The van der Waals surface area contributed by atoms with Gasteiger partial charge in [-0.05, 0) is 89.0 Å².